The predicted molar refractivity (Wildman–Crippen MR) is 80.7 cm³/mol. The molecule has 2 saturated carbocycles. The molecule has 0 spiro atoms. The van der Waals surface area contributed by atoms with E-state index in [1.165, 1.54) is 51.4 Å². The van der Waals surface area contributed by atoms with Crippen molar-refractivity contribution in [2.24, 2.45) is 23.7 Å². The Bertz CT molecular complexity index is 206. The quantitative estimate of drug-likeness (QED) is 0.545. The molecule has 0 aliphatic heterocycles. The largest absolute Gasteiger partial charge is 0.0654 e. The van der Waals surface area contributed by atoms with Gasteiger partial charge in [0.2, 0.25) is 0 Å². The number of hydrogen-bond donors (Lipinski definition) is 0. The Hall–Kier alpha value is 0. The lowest BCUT2D eigenvalue weighted by Crippen LogP contribution is -2.26. The van der Waals surface area contributed by atoms with Crippen molar-refractivity contribution in [3.63, 3.8) is 0 Å². The molecule has 0 saturated heterocycles. The molecule has 2 aliphatic carbocycles. The van der Waals surface area contributed by atoms with Gasteiger partial charge in [-0.15, -0.1) is 0 Å². The molecular weight excluding hydrogens is 216 g/mol. The summed E-state index contributed by atoms with van der Waals surface area (Å²) in [6.45, 7) is 4.91. The highest BCUT2D eigenvalue weighted by Crippen LogP contribution is 2.41. The normalized spacial score (nSPS) is 32.3. The average molecular weight is 250 g/mol. The molecule has 0 aromatic heterocycles. The van der Waals surface area contributed by atoms with Crippen LogP contribution in [0.2, 0.25) is 0 Å². The van der Waals surface area contributed by atoms with Crippen LogP contribution < -0.4 is 0 Å². The third kappa shape index (κ3) is 4.00. The lowest BCUT2D eigenvalue weighted by Gasteiger charge is -2.37. The first kappa shape index (κ1) is 14.4. The Morgan fingerprint density at radius 1 is 0.833 bits per heavy atom. The zero-order chi connectivity index (χ0) is 12.8. The van der Waals surface area contributed by atoms with Crippen LogP contribution in [0.4, 0.5) is 0 Å². The van der Waals surface area contributed by atoms with E-state index in [0.717, 1.165) is 23.7 Å². The highest BCUT2D eigenvalue weighted by molar-refractivity contribution is 4.81. The standard InChI is InChI=1S/C18H34/c1-3-4-8-16-11-13-18(14-12-16)15(2)17-9-6-5-7-10-17/h15-18H,3-14H2,1-2H3. The monoisotopic (exact) mass is 250 g/mol. The number of rotatable bonds is 5. The molecule has 2 fully saturated rings. The summed E-state index contributed by atoms with van der Waals surface area (Å²) in [5.74, 6) is 4.26. The van der Waals surface area contributed by atoms with Crippen LogP contribution in [-0.4, -0.2) is 0 Å². The second kappa shape index (κ2) is 7.56. The second-order valence-corrected chi connectivity index (χ2v) is 7.18. The molecule has 0 N–H and O–H groups in total. The van der Waals surface area contributed by atoms with Gasteiger partial charge in [0.15, 0.2) is 0 Å². The zero-order valence-corrected chi connectivity index (χ0v) is 12.8. The summed E-state index contributed by atoms with van der Waals surface area (Å²) in [4.78, 5) is 0. The van der Waals surface area contributed by atoms with E-state index in [1.54, 1.807) is 25.7 Å². The fourth-order valence-corrected chi connectivity index (χ4v) is 4.54. The molecule has 18 heavy (non-hydrogen) atoms. The molecule has 1 unspecified atom stereocenters. The summed E-state index contributed by atoms with van der Waals surface area (Å²) in [7, 11) is 0. The van der Waals surface area contributed by atoms with Gasteiger partial charge in [0.25, 0.3) is 0 Å². The van der Waals surface area contributed by atoms with Gasteiger partial charge < -0.3 is 0 Å². The smallest absolute Gasteiger partial charge is 0.0386 e. The van der Waals surface area contributed by atoms with Crippen LogP contribution in [0.25, 0.3) is 0 Å². The SMILES string of the molecule is CCCCC1CCC(C(C)C2CCCCC2)CC1. The van der Waals surface area contributed by atoms with Crippen molar-refractivity contribution in [2.75, 3.05) is 0 Å². The molecule has 0 aromatic carbocycles. The number of hydrogen-bond acceptors (Lipinski definition) is 0. The molecule has 0 amide bonds. The van der Waals surface area contributed by atoms with Gasteiger partial charge in [0.05, 0.1) is 0 Å². The Labute approximate surface area is 115 Å². The summed E-state index contributed by atoms with van der Waals surface area (Å²) in [5.41, 5.74) is 0. The molecule has 106 valence electrons. The third-order valence-electron chi connectivity index (χ3n) is 5.99. The van der Waals surface area contributed by atoms with Gasteiger partial charge in [-0.05, 0) is 36.5 Å². The first-order chi connectivity index (χ1) is 8.81. The predicted octanol–water partition coefficient (Wildman–Crippen LogP) is 6.20. The van der Waals surface area contributed by atoms with Gasteiger partial charge in [-0.25, -0.2) is 0 Å². The van der Waals surface area contributed by atoms with Crippen LogP contribution >= 0.6 is 0 Å². The Morgan fingerprint density at radius 3 is 2.06 bits per heavy atom. The fourth-order valence-electron chi connectivity index (χ4n) is 4.54. The maximum absolute atomic E-state index is 2.58. The molecule has 0 aromatic rings. The Kier molecular flexibility index (Phi) is 6.05. The summed E-state index contributed by atoms with van der Waals surface area (Å²) >= 11 is 0. The minimum absolute atomic E-state index is 1.03. The fraction of sp³-hybridized carbons (Fsp3) is 1.00. The summed E-state index contributed by atoms with van der Waals surface area (Å²) < 4.78 is 0. The minimum atomic E-state index is 1.03. The van der Waals surface area contributed by atoms with E-state index in [4.69, 9.17) is 0 Å². The lowest BCUT2D eigenvalue weighted by atomic mass is 9.68. The van der Waals surface area contributed by atoms with Crippen LogP contribution in [0.1, 0.15) is 90.9 Å². The van der Waals surface area contributed by atoms with Gasteiger partial charge in [-0.1, -0.05) is 78.1 Å². The minimum Gasteiger partial charge on any atom is -0.0654 e. The molecule has 0 radical (unpaired) electrons. The highest BCUT2D eigenvalue weighted by atomic mass is 14.4. The Balaban J connectivity index is 1.71. The molecule has 0 heteroatoms. The van der Waals surface area contributed by atoms with Crippen molar-refractivity contribution in [1.29, 1.82) is 0 Å². The van der Waals surface area contributed by atoms with E-state index in [9.17, 15) is 0 Å². The molecule has 2 aliphatic rings. The molecule has 0 bridgehead atoms. The van der Waals surface area contributed by atoms with Crippen LogP contribution in [0.15, 0.2) is 0 Å². The summed E-state index contributed by atoms with van der Waals surface area (Å²) in [5, 5.41) is 0. The van der Waals surface area contributed by atoms with Gasteiger partial charge in [0.1, 0.15) is 0 Å². The van der Waals surface area contributed by atoms with E-state index >= 15 is 0 Å². The van der Waals surface area contributed by atoms with Crippen molar-refractivity contribution < 1.29 is 0 Å². The van der Waals surface area contributed by atoms with Gasteiger partial charge in [-0.2, -0.15) is 0 Å². The van der Waals surface area contributed by atoms with Crippen LogP contribution in [-0.2, 0) is 0 Å². The molecule has 0 nitrogen and oxygen atoms in total. The first-order valence-corrected chi connectivity index (χ1v) is 8.81. The van der Waals surface area contributed by atoms with Crippen molar-refractivity contribution in [3.8, 4) is 0 Å². The first-order valence-electron chi connectivity index (χ1n) is 8.81. The summed E-state index contributed by atoms with van der Waals surface area (Å²) in [6, 6.07) is 0. The summed E-state index contributed by atoms with van der Waals surface area (Å²) in [6.07, 6.45) is 18.2. The topological polar surface area (TPSA) is 0 Å². The van der Waals surface area contributed by atoms with Gasteiger partial charge in [-0.3, -0.25) is 0 Å². The zero-order valence-electron chi connectivity index (χ0n) is 12.8. The van der Waals surface area contributed by atoms with Gasteiger partial charge >= 0.3 is 0 Å². The van der Waals surface area contributed by atoms with Crippen molar-refractivity contribution in [3.05, 3.63) is 0 Å². The van der Waals surface area contributed by atoms with Crippen molar-refractivity contribution in [2.45, 2.75) is 90.9 Å². The van der Waals surface area contributed by atoms with E-state index in [1.807, 2.05) is 0 Å². The van der Waals surface area contributed by atoms with Crippen LogP contribution in [0.5, 0.6) is 0 Å². The lowest BCUT2D eigenvalue weighted by molar-refractivity contribution is 0.136. The van der Waals surface area contributed by atoms with E-state index in [2.05, 4.69) is 13.8 Å². The van der Waals surface area contributed by atoms with Crippen LogP contribution in [0, 0.1) is 23.7 Å². The number of unbranched alkanes of at least 4 members (excludes halogenated alkanes) is 1. The molecule has 1 atom stereocenters. The average Bonchev–Trinajstić information content (AvgIpc) is 2.46. The van der Waals surface area contributed by atoms with E-state index < -0.39 is 0 Å². The van der Waals surface area contributed by atoms with Gasteiger partial charge in [0, 0.05) is 0 Å². The molecule has 2 rings (SSSR count). The van der Waals surface area contributed by atoms with Crippen LogP contribution in [0.3, 0.4) is 0 Å². The maximum atomic E-state index is 2.58. The Morgan fingerprint density at radius 2 is 1.44 bits per heavy atom. The molecule has 0 heterocycles. The molecular formula is C18H34. The van der Waals surface area contributed by atoms with E-state index in [-0.39, 0.29) is 0 Å². The van der Waals surface area contributed by atoms with E-state index in [0.29, 0.717) is 0 Å². The second-order valence-electron chi connectivity index (χ2n) is 7.18. The van der Waals surface area contributed by atoms with Crippen molar-refractivity contribution >= 4 is 0 Å². The maximum Gasteiger partial charge on any atom is -0.0386 e. The highest BCUT2D eigenvalue weighted by Gasteiger charge is 2.30. The third-order valence-corrected chi connectivity index (χ3v) is 5.99. The van der Waals surface area contributed by atoms with Crippen molar-refractivity contribution in [1.82, 2.24) is 0 Å².